The van der Waals surface area contributed by atoms with Crippen LogP contribution in [0.25, 0.3) is 0 Å². The lowest BCUT2D eigenvalue weighted by Crippen LogP contribution is -2.36. The Balaban J connectivity index is 1.74. The van der Waals surface area contributed by atoms with Crippen LogP contribution in [0.2, 0.25) is 0 Å². The molecule has 32 heavy (non-hydrogen) atoms. The first kappa shape index (κ1) is 21.8. The number of thioether (sulfide) groups is 1. The van der Waals surface area contributed by atoms with Gasteiger partial charge in [0.05, 0.1) is 28.8 Å². The normalized spacial score (nSPS) is 17.6. The summed E-state index contributed by atoms with van der Waals surface area (Å²) in [5.41, 5.74) is 3.84. The molecule has 0 bridgehead atoms. The summed E-state index contributed by atoms with van der Waals surface area (Å²) < 4.78 is 5.34. The van der Waals surface area contributed by atoms with Crippen LogP contribution in [0.5, 0.6) is 0 Å². The summed E-state index contributed by atoms with van der Waals surface area (Å²) >= 11 is 1.50. The van der Waals surface area contributed by atoms with E-state index in [0.717, 1.165) is 23.7 Å². The van der Waals surface area contributed by atoms with Crippen molar-refractivity contribution in [3.8, 4) is 0 Å². The lowest BCUT2D eigenvalue weighted by molar-refractivity contribution is -0.384. The number of ether oxygens (including phenoxy) is 1. The lowest BCUT2D eigenvalue weighted by Gasteiger charge is -2.36. The number of carbonyl (C=O) groups excluding carboxylic acids is 1. The average molecular weight is 450 g/mol. The van der Waals surface area contributed by atoms with E-state index >= 15 is 0 Å². The van der Waals surface area contributed by atoms with E-state index in [9.17, 15) is 14.9 Å². The van der Waals surface area contributed by atoms with Crippen molar-refractivity contribution >= 4 is 28.6 Å². The molecule has 2 heterocycles. The first-order chi connectivity index (χ1) is 15.5. The minimum absolute atomic E-state index is 0.0194. The van der Waals surface area contributed by atoms with Gasteiger partial charge < -0.3 is 9.64 Å². The molecule has 164 valence electrons. The van der Waals surface area contributed by atoms with Gasteiger partial charge >= 0.3 is 5.97 Å². The SMILES string of the molecule is CCOC(=O)C1=C(C)N=C2SC=C(CCc3ccccc3)N2C1c1cccc([N+](=O)[O-])c1. The summed E-state index contributed by atoms with van der Waals surface area (Å²) in [7, 11) is 0. The van der Waals surface area contributed by atoms with E-state index in [0.29, 0.717) is 16.8 Å². The van der Waals surface area contributed by atoms with E-state index in [2.05, 4.69) is 17.1 Å². The molecule has 4 rings (SSSR count). The van der Waals surface area contributed by atoms with Crippen molar-refractivity contribution in [1.82, 2.24) is 4.90 Å². The standard InChI is InChI=1S/C24H23N3O4S/c1-3-31-23(28)21-16(2)25-24-26(22(21)18-10-7-11-19(14-18)27(29)30)20(15-32-24)13-12-17-8-5-4-6-9-17/h4-11,14-15,22H,3,12-13H2,1-2H3. The fraction of sp³-hybridized carbons (Fsp3) is 0.250. The molecule has 1 unspecified atom stereocenters. The maximum atomic E-state index is 12.9. The Kier molecular flexibility index (Phi) is 6.41. The largest absolute Gasteiger partial charge is 0.463 e. The molecular formula is C24H23N3O4S. The predicted molar refractivity (Wildman–Crippen MR) is 125 cm³/mol. The fourth-order valence-corrected chi connectivity index (χ4v) is 4.93. The molecule has 0 amide bonds. The van der Waals surface area contributed by atoms with Gasteiger partial charge in [-0.2, -0.15) is 0 Å². The topological polar surface area (TPSA) is 85.0 Å². The fourth-order valence-electron chi connectivity index (χ4n) is 3.93. The predicted octanol–water partition coefficient (Wildman–Crippen LogP) is 5.37. The Bertz CT molecular complexity index is 1140. The van der Waals surface area contributed by atoms with Crippen molar-refractivity contribution in [2.75, 3.05) is 6.61 Å². The molecule has 0 N–H and O–H groups in total. The highest BCUT2D eigenvalue weighted by atomic mass is 32.2. The Labute approximate surface area is 190 Å². The van der Waals surface area contributed by atoms with E-state index in [-0.39, 0.29) is 12.3 Å². The number of nitro groups is 1. The second kappa shape index (κ2) is 9.40. The quantitative estimate of drug-likeness (QED) is 0.321. The van der Waals surface area contributed by atoms with Crippen LogP contribution in [0.1, 0.15) is 37.4 Å². The van der Waals surface area contributed by atoms with Crippen LogP contribution in [0.15, 0.2) is 82.0 Å². The van der Waals surface area contributed by atoms with Gasteiger partial charge in [0, 0.05) is 17.8 Å². The number of rotatable bonds is 7. The summed E-state index contributed by atoms with van der Waals surface area (Å²) in [6, 6.07) is 16.1. The highest BCUT2D eigenvalue weighted by Crippen LogP contribution is 2.45. The van der Waals surface area contributed by atoms with Gasteiger partial charge in [-0.15, -0.1) is 0 Å². The molecule has 2 aromatic carbocycles. The zero-order chi connectivity index (χ0) is 22.7. The molecule has 8 heteroatoms. The summed E-state index contributed by atoms with van der Waals surface area (Å²) in [6.45, 7) is 3.77. The highest BCUT2D eigenvalue weighted by Gasteiger charge is 2.40. The molecule has 2 aliphatic heterocycles. The van der Waals surface area contributed by atoms with Gasteiger partial charge in [-0.1, -0.05) is 54.2 Å². The molecule has 0 saturated carbocycles. The van der Waals surface area contributed by atoms with Crippen molar-refractivity contribution in [2.24, 2.45) is 4.99 Å². The van der Waals surface area contributed by atoms with Crippen LogP contribution in [-0.2, 0) is 16.0 Å². The summed E-state index contributed by atoms with van der Waals surface area (Å²) in [5, 5.41) is 14.2. The number of carbonyl (C=O) groups is 1. The zero-order valence-corrected chi connectivity index (χ0v) is 18.7. The number of allylic oxidation sites excluding steroid dienone is 2. The molecule has 0 radical (unpaired) electrons. The summed E-state index contributed by atoms with van der Waals surface area (Å²) in [6.07, 6.45) is 1.58. The van der Waals surface area contributed by atoms with E-state index < -0.39 is 16.9 Å². The van der Waals surface area contributed by atoms with E-state index in [1.807, 2.05) is 34.6 Å². The second-order valence-electron chi connectivity index (χ2n) is 7.45. The van der Waals surface area contributed by atoms with Crippen molar-refractivity contribution < 1.29 is 14.5 Å². The molecule has 0 aliphatic carbocycles. The highest BCUT2D eigenvalue weighted by molar-refractivity contribution is 8.16. The number of nitro benzene ring substituents is 1. The molecule has 0 spiro atoms. The van der Waals surface area contributed by atoms with Gasteiger partial charge in [0.2, 0.25) is 0 Å². The number of esters is 1. The van der Waals surface area contributed by atoms with Gasteiger partial charge in [0.1, 0.15) is 0 Å². The summed E-state index contributed by atoms with van der Waals surface area (Å²) in [5.74, 6) is -0.455. The smallest absolute Gasteiger partial charge is 0.338 e. The van der Waals surface area contributed by atoms with Crippen LogP contribution in [0.4, 0.5) is 5.69 Å². The molecule has 0 fully saturated rings. The van der Waals surface area contributed by atoms with Crippen LogP contribution in [-0.4, -0.2) is 27.6 Å². The zero-order valence-electron chi connectivity index (χ0n) is 17.9. The average Bonchev–Trinajstić information content (AvgIpc) is 3.20. The molecule has 0 aromatic heterocycles. The third kappa shape index (κ3) is 4.31. The van der Waals surface area contributed by atoms with Crippen LogP contribution in [0.3, 0.4) is 0 Å². The molecule has 0 saturated heterocycles. The third-order valence-corrected chi connectivity index (χ3v) is 6.29. The van der Waals surface area contributed by atoms with Crippen LogP contribution >= 0.6 is 11.8 Å². The molecule has 2 aliphatic rings. The Morgan fingerprint density at radius 2 is 1.97 bits per heavy atom. The van der Waals surface area contributed by atoms with Gasteiger partial charge in [-0.05, 0) is 43.2 Å². The first-order valence-corrected chi connectivity index (χ1v) is 11.3. The maximum absolute atomic E-state index is 12.9. The number of amidine groups is 1. The molecular weight excluding hydrogens is 426 g/mol. The Morgan fingerprint density at radius 3 is 2.69 bits per heavy atom. The van der Waals surface area contributed by atoms with Gasteiger partial charge in [-0.3, -0.25) is 10.1 Å². The van der Waals surface area contributed by atoms with Gasteiger partial charge in [0.25, 0.3) is 5.69 Å². The molecule has 7 nitrogen and oxygen atoms in total. The minimum Gasteiger partial charge on any atom is -0.463 e. The van der Waals surface area contributed by atoms with Crippen LogP contribution < -0.4 is 0 Å². The number of hydrogen-bond donors (Lipinski definition) is 0. The van der Waals surface area contributed by atoms with E-state index in [4.69, 9.17) is 4.74 Å². The van der Waals surface area contributed by atoms with Gasteiger partial charge in [0.15, 0.2) is 5.17 Å². The third-order valence-electron chi connectivity index (χ3n) is 5.41. The van der Waals surface area contributed by atoms with E-state index in [1.54, 1.807) is 19.9 Å². The first-order valence-electron chi connectivity index (χ1n) is 10.4. The Hall–Kier alpha value is -3.39. The van der Waals surface area contributed by atoms with Crippen molar-refractivity contribution in [2.45, 2.75) is 32.7 Å². The van der Waals surface area contributed by atoms with Crippen molar-refractivity contribution in [3.63, 3.8) is 0 Å². The van der Waals surface area contributed by atoms with E-state index in [1.165, 1.54) is 29.5 Å². The number of hydrogen-bond acceptors (Lipinski definition) is 7. The van der Waals surface area contributed by atoms with Crippen molar-refractivity contribution in [3.05, 3.63) is 98.2 Å². The minimum atomic E-state index is -0.543. The van der Waals surface area contributed by atoms with Crippen molar-refractivity contribution in [1.29, 1.82) is 0 Å². The summed E-state index contributed by atoms with van der Waals surface area (Å²) in [4.78, 5) is 30.6. The Morgan fingerprint density at radius 1 is 1.19 bits per heavy atom. The number of nitrogens with zero attached hydrogens (tertiary/aromatic N) is 3. The second-order valence-corrected chi connectivity index (χ2v) is 8.29. The lowest BCUT2D eigenvalue weighted by atomic mass is 9.93. The maximum Gasteiger partial charge on any atom is 0.338 e. The number of benzene rings is 2. The number of non-ortho nitro benzene ring substituents is 1. The van der Waals surface area contributed by atoms with Crippen LogP contribution in [0, 0.1) is 10.1 Å². The number of fused-ring (bicyclic) bond motifs is 1. The van der Waals surface area contributed by atoms with Gasteiger partial charge in [-0.25, -0.2) is 9.79 Å². The number of aryl methyl sites for hydroxylation is 1. The molecule has 1 atom stereocenters. The molecule has 2 aromatic rings. The monoisotopic (exact) mass is 449 g/mol. The number of aliphatic imine (C=N–C) groups is 1.